The topological polar surface area (TPSA) is 51.0 Å². The Morgan fingerprint density at radius 1 is 1.32 bits per heavy atom. The number of benzene rings is 1. The van der Waals surface area contributed by atoms with Gasteiger partial charge in [-0.2, -0.15) is 17.9 Å². The van der Waals surface area contributed by atoms with Gasteiger partial charge >= 0.3 is 12.2 Å². The summed E-state index contributed by atoms with van der Waals surface area (Å²) in [6, 6.07) is 4.28. The van der Waals surface area contributed by atoms with Crippen molar-refractivity contribution in [3.8, 4) is 0 Å². The lowest BCUT2D eigenvalue weighted by molar-refractivity contribution is -0.0944. The largest absolute Gasteiger partial charge is 0.414 e. The van der Waals surface area contributed by atoms with Crippen molar-refractivity contribution in [2.24, 2.45) is 0 Å². The highest BCUT2D eigenvalue weighted by Gasteiger charge is 2.36. The maximum absolute atomic E-state index is 12.7. The van der Waals surface area contributed by atoms with Crippen LogP contribution in [-0.4, -0.2) is 38.6 Å². The van der Waals surface area contributed by atoms with E-state index in [0.717, 1.165) is 20.1 Å². The minimum absolute atomic E-state index is 0.421. The molecular weight excluding hydrogens is 365 g/mol. The average Bonchev–Trinajstić information content (AvgIpc) is 2.88. The molecule has 22 heavy (non-hydrogen) atoms. The molecule has 0 unspecified atom stereocenters. The average molecular weight is 373 g/mol. The zero-order valence-corrected chi connectivity index (χ0v) is 12.5. The van der Waals surface area contributed by atoms with Gasteiger partial charge in [0.1, 0.15) is 5.52 Å². The van der Waals surface area contributed by atoms with Crippen molar-refractivity contribution < 1.29 is 18.0 Å². The fourth-order valence-corrected chi connectivity index (χ4v) is 2.38. The number of carbonyl (C=O) groups is 1. The molecule has 0 aliphatic carbocycles. The van der Waals surface area contributed by atoms with E-state index >= 15 is 0 Å². The molecular formula is C13H8BrF3N4O. The highest BCUT2D eigenvalue weighted by atomic mass is 79.9. The predicted molar refractivity (Wildman–Crippen MR) is 76.0 cm³/mol. The van der Waals surface area contributed by atoms with Crippen LogP contribution >= 0.6 is 15.9 Å². The van der Waals surface area contributed by atoms with E-state index < -0.39 is 24.3 Å². The van der Waals surface area contributed by atoms with E-state index in [9.17, 15) is 18.0 Å². The van der Waals surface area contributed by atoms with Gasteiger partial charge in [0.05, 0.1) is 17.6 Å². The summed E-state index contributed by atoms with van der Waals surface area (Å²) in [5.74, 6) is 0. The molecule has 0 bridgehead atoms. The van der Waals surface area contributed by atoms with Crippen molar-refractivity contribution in [3.63, 3.8) is 0 Å². The Hall–Kier alpha value is -2.16. The van der Waals surface area contributed by atoms with Crippen LogP contribution < -0.4 is 0 Å². The van der Waals surface area contributed by atoms with E-state index in [4.69, 9.17) is 0 Å². The molecule has 1 aromatic carbocycles. The molecule has 0 atom stereocenters. The minimum Gasteiger partial charge on any atom is -0.295 e. The summed E-state index contributed by atoms with van der Waals surface area (Å²) in [7, 11) is 0. The zero-order valence-electron chi connectivity index (χ0n) is 10.9. The van der Waals surface area contributed by atoms with E-state index in [-0.39, 0.29) is 0 Å². The second kappa shape index (κ2) is 5.24. The van der Waals surface area contributed by atoms with E-state index in [1.165, 1.54) is 12.3 Å². The van der Waals surface area contributed by atoms with Gasteiger partial charge in [0.15, 0.2) is 0 Å². The van der Waals surface area contributed by atoms with E-state index in [1.807, 2.05) is 0 Å². The number of amides is 1. The summed E-state index contributed by atoms with van der Waals surface area (Å²) in [5.41, 5.74) is 0.0931. The molecule has 0 fully saturated rings. The summed E-state index contributed by atoms with van der Waals surface area (Å²) in [6.07, 6.45) is -1.07. The summed E-state index contributed by atoms with van der Waals surface area (Å²) >= 11 is 3.27. The van der Waals surface area contributed by atoms with Gasteiger partial charge < -0.3 is 0 Å². The Morgan fingerprint density at radius 2 is 2.09 bits per heavy atom. The van der Waals surface area contributed by atoms with Crippen LogP contribution in [0.1, 0.15) is 0 Å². The van der Waals surface area contributed by atoms with Gasteiger partial charge in [0.25, 0.3) is 0 Å². The standard InChI is InChI=1S/C13H8BrF3N4O/c14-9-3-4-11-10(6-9)18-19-21(11)12(22)20-5-1-2-8(7-20)13(15,16)17/h1-6H,7H2. The monoisotopic (exact) mass is 372 g/mol. The Balaban J connectivity index is 1.91. The number of nitrogens with zero attached hydrogens (tertiary/aromatic N) is 4. The molecule has 1 aliphatic rings. The van der Waals surface area contributed by atoms with E-state index in [1.54, 1.807) is 18.2 Å². The number of aromatic nitrogens is 3. The molecule has 114 valence electrons. The molecule has 0 saturated heterocycles. The van der Waals surface area contributed by atoms with Gasteiger partial charge in [-0.05, 0) is 24.3 Å². The highest BCUT2D eigenvalue weighted by molar-refractivity contribution is 9.10. The quantitative estimate of drug-likeness (QED) is 0.711. The lowest BCUT2D eigenvalue weighted by Crippen LogP contribution is -2.36. The van der Waals surface area contributed by atoms with Crippen molar-refractivity contribution in [3.05, 3.63) is 46.6 Å². The lowest BCUT2D eigenvalue weighted by atomic mass is 10.2. The Kier molecular flexibility index (Phi) is 3.51. The van der Waals surface area contributed by atoms with Crippen LogP contribution in [0.15, 0.2) is 46.6 Å². The smallest absolute Gasteiger partial charge is 0.295 e. The van der Waals surface area contributed by atoms with Gasteiger partial charge in [-0.25, -0.2) is 4.79 Å². The van der Waals surface area contributed by atoms with Crippen molar-refractivity contribution in [2.75, 3.05) is 6.54 Å². The molecule has 2 heterocycles. The zero-order chi connectivity index (χ0) is 15.9. The van der Waals surface area contributed by atoms with Crippen molar-refractivity contribution in [1.82, 2.24) is 19.9 Å². The number of rotatable bonds is 0. The number of allylic oxidation sites excluding steroid dienone is 2. The molecule has 5 nitrogen and oxygen atoms in total. The number of alkyl halides is 3. The maximum atomic E-state index is 12.7. The Labute approximate surface area is 130 Å². The number of halogens is 4. The summed E-state index contributed by atoms with van der Waals surface area (Å²) in [6.45, 7) is -0.559. The van der Waals surface area contributed by atoms with Crippen LogP contribution in [0.5, 0.6) is 0 Å². The van der Waals surface area contributed by atoms with E-state index in [0.29, 0.717) is 11.0 Å². The van der Waals surface area contributed by atoms with Crippen molar-refractivity contribution >= 4 is 33.0 Å². The third-order valence-electron chi connectivity index (χ3n) is 3.10. The highest BCUT2D eigenvalue weighted by Crippen LogP contribution is 2.28. The first-order valence-electron chi connectivity index (χ1n) is 6.13. The van der Waals surface area contributed by atoms with Gasteiger partial charge in [0.2, 0.25) is 0 Å². The molecule has 0 radical (unpaired) electrons. The van der Waals surface area contributed by atoms with Crippen LogP contribution in [-0.2, 0) is 0 Å². The normalized spacial score (nSPS) is 15.3. The fourth-order valence-electron chi connectivity index (χ4n) is 2.03. The summed E-state index contributed by atoms with van der Waals surface area (Å²) in [4.78, 5) is 13.3. The fraction of sp³-hybridized carbons (Fsp3) is 0.154. The number of fused-ring (bicyclic) bond motifs is 1. The molecule has 0 N–H and O–H groups in total. The van der Waals surface area contributed by atoms with E-state index in [2.05, 4.69) is 26.2 Å². The first-order chi connectivity index (χ1) is 10.4. The van der Waals surface area contributed by atoms with Gasteiger partial charge in [-0.15, -0.1) is 5.10 Å². The van der Waals surface area contributed by atoms with Crippen LogP contribution in [0, 0.1) is 0 Å². The molecule has 1 amide bonds. The van der Waals surface area contributed by atoms with Crippen molar-refractivity contribution in [1.29, 1.82) is 0 Å². The SMILES string of the molecule is O=C(N1C=CC=C(C(F)(F)F)C1)n1nnc2cc(Br)ccc21. The molecule has 0 spiro atoms. The number of hydrogen-bond donors (Lipinski definition) is 0. The first kappa shape index (κ1) is 14.8. The first-order valence-corrected chi connectivity index (χ1v) is 6.92. The predicted octanol–water partition coefficient (Wildman–Crippen LogP) is 3.48. The number of hydrogen-bond acceptors (Lipinski definition) is 3. The van der Waals surface area contributed by atoms with Crippen LogP contribution in [0.3, 0.4) is 0 Å². The van der Waals surface area contributed by atoms with Gasteiger partial charge in [-0.1, -0.05) is 27.2 Å². The molecule has 3 rings (SSSR count). The molecule has 1 aliphatic heterocycles. The van der Waals surface area contributed by atoms with Crippen LogP contribution in [0.25, 0.3) is 11.0 Å². The molecule has 1 aromatic heterocycles. The minimum atomic E-state index is -4.47. The third-order valence-corrected chi connectivity index (χ3v) is 3.60. The van der Waals surface area contributed by atoms with Gasteiger partial charge in [-0.3, -0.25) is 4.90 Å². The lowest BCUT2D eigenvalue weighted by Gasteiger charge is -2.23. The molecule has 0 saturated carbocycles. The van der Waals surface area contributed by atoms with Crippen LogP contribution in [0.2, 0.25) is 0 Å². The van der Waals surface area contributed by atoms with Gasteiger partial charge in [0, 0.05) is 10.7 Å². The van der Waals surface area contributed by atoms with Crippen molar-refractivity contribution in [2.45, 2.75) is 6.18 Å². The second-order valence-corrected chi connectivity index (χ2v) is 5.49. The van der Waals surface area contributed by atoms with Crippen LogP contribution in [0.4, 0.5) is 18.0 Å². The second-order valence-electron chi connectivity index (χ2n) is 4.58. The summed E-state index contributed by atoms with van der Waals surface area (Å²) < 4.78 is 40.0. The maximum Gasteiger partial charge on any atom is 0.414 e. The number of carbonyl (C=O) groups excluding carboxylic acids is 1. The summed E-state index contributed by atoms with van der Waals surface area (Å²) in [5, 5.41) is 7.56. The molecule has 9 heteroatoms. The third kappa shape index (κ3) is 2.63. The Bertz CT molecular complexity index is 809. The molecule has 2 aromatic rings. The Morgan fingerprint density at radius 3 is 2.82 bits per heavy atom.